The molecule has 0 fully saturated rings. The molecule has 5 nitrogen and oxygen atoms in total. The zero-order chi connectivity index (χ0) is 15.9. The summed E-state index contributed by atoms with van der Waals surface area (Å²) in [6.45, 7) is 7.71. The van der Waals surface area contributed by atoms with Crippen LogP contribution in [0.15, 0.2) is 23.1 Å². The van der Waals surface area contributed by atoms with Crippen LogP contribution in [0.1, 0.15) is 25.8 Å². The molecule has 0 saturated carbocycles. The molecule has 1 aromatic carbocycles. The molecule has 0 amide bonds. The first-order valence-electron chi connectivity index (χ1n) is 7.15. The topological polar surface area (TPSA) is 75.4 Å². The summed E-state index contributed by atoms with van der Waals surface area (Å²) < 4.78 is 27.0. The highest BCUT2D eigenvalue weighted by atomic mass is 35.5. The van der Waals surface area contributed by atoms with Gasteiger partial charge in [0, 0.05) is 13.1 Å². The molecule has 21 heavy (non-hydrogen) atoms. The Morgan fingerprint density at radius 3 is 2.48 bits per heavy atom. The molecular formula is C14H24ClN3O2S. The van der Waals surface area contributed by atoms with Crippen molar-refractivity contribution < 1.29 is 8.42 Å². The molecule has 0 aliphatic rings. The molecular weight excluding hydrogens is 310 g/mol. The number of nitrogens with two attached hydrogens (primary N) is 1. The van der Waals surface area contributed by atoms with Gasteiger partial charge in [0.25, 0.3) is 0 Å². The van der Waals surface area contributed by atoms with Gasteiger partial charge in [-0.25, -0.2) is 13.1 Å². The highest BCUT2D eigenvalue weighted by molar-refractivity contribution is 7.89. The first kappa shape index (κ1) is 18.4. The summed E-state index contributed by atoms with van der Waals surface area (Å²) in [5, 5.41) is 0.203. The first-order chi connectivity index (χ1) is 9.94. The minimum absolute atomic E-state index is 0.101. The van der Waals surface area contributed by atoms with E-state index < -0.39 is 10.0 Å². The molecule has 120 valence electrons. The van der Waals surface area contributed by atoms with Crippen LogP contribution in [0.3, 0.4) is 0 Å². The molecule has 7 heteroatoms. The largest absolute Gasteiger partial charge is 0.326 e. The third kappa shape index (κ3) is 5.56. The van der Waals surface area contributed by atoms with Crippen LogP contribution in [0.5, 0.6) is 0 Å². The molecule has 0 heterocycles. The van der Waals surface area contributed by atoms with E-state index in [1.54, 1.807) is 12.1 Å². The lowest BCUT2D eigenvalue weighted by Gasteiger charge is -2.17. The maximum absolute atomic E-state index is 12.2. The summed E-state index contributed by atoms with van der Waals surface area (Å²) in [5.41, 5.74) is 6.31. The summed E-state index contributed by atoms with van der Waals surface area (Å²) in [5.74, 6) is 0. The van der Waals surface area contributed by atoms with Crippen molar-refractivity contribution in [3.8, 4) is 0 Å². The molecule has 0 aliphatic heterocycles. The maximum Gasteiger partial charge on any atom is 0.242 e. The number of hydrogen-bond donors (Lipinski definition) is 2. The van der Waals surface area contributed by atoms with Crippen LogP contribution in [0, 0.1) is 0 Å². The Labute approximate surface area is 132 Å². The van der Waals surface area contributed by atoms with E-state index in [1.807, 2.05) is 0 Å². The highest BCUT2D eigenvalue weighted by Gasteiger charge is 2.17. The Balaban J connectivity index is 2.61. The van der Waals surface area contributed by atoms with Gasteiger partial charge in [-0.15, -0.1) is 0 Å². The number of sulfonamides is 1. The molecule has 0 bridgehead atoms. The molecule has 0 aliphatic carbocycles. The van der Waals surface area contributed by atoms with E-state index in [1.165, 1.54) is 6.07 Å². The molecule has 0 aromatic heterocycles. The summed E-state index contributed by atoms with van der Waals surface area (Å²) in [4.78, 5) is 2.35. The Kier molecular flexibility index (Phi) is 7.62. The Morgan fingerprint density at radius 1 is 1.29 bits per heavy atom. The zero-order valence-corrected chi connectivity index (χ0v) is 14.2. The predicted octanol–water partition coefficient (Wildman–Crippen LogP) is 1.81. The Hall–Kier alpha value is -0.660. The van der Waals surface area contributed by atoms with Crippen LogP contribution in [0.2, 0.25) is 5.02 Å². The minimum Gasteiger partial charge on any atom is -0.326 e. The molecule has 0 radical (unpaired) electrons. The van der Waals surface area contributed by atoms with Crippen molar-refractivity contribution in [2.24, 2.45) is 5.73 Å². The normalized spacial score (nSPS) is 12.0. The molecule has 1 aromatic rings. The van der Waals surface area contributed by atoms with E-state index in [0.717, 1.165) is 31.6 Å². The summed E-state index contributed by atoms with van der Waals surface area (Å²) >= 11 is 6.02. The lowest BCUT2D eigenvalue weighted by molar-refractivity contribution is 0.300. The van der Waals surface area contributed by atoms with Crippen molar-refractivity contribution in [2.75, 3.05) is 26.2 Å². The molecule has 0 atom stereocenters. The second-order valence-electron chi connectivity index (χ2n) is 4.75. The van der Waals surface area contributed by atoms with Gasteiger partial charge >= 0.3 is 0 Å². The van der Waals surface area contributed by atoms with Crippen LogP contribution in [-0.2, 0) is 16.6 Å². The van der Waals surface area contributed by atoms with Crippen LogP contribution in [-0.4, -0.2) is 39.5 Å². The molecule has 0 saturated heterocycles. The fourth-order valence-electron chi connectivity index (χ4n) is 2.02. The average Bonchev–Trinajstić information content (AvgIpc) is 2.47. The quantitative estimate of drug-likeness (QED) is 0.676. The number of nitrogens with zero attached hydrogens (tertiary/aromatic N) is 1. The Bertz CT molecular complexity index is 545. The maximum atomic E-state index is 12.2. The van der Waals surface area contributed by atoms with Crippen LogP contribution in [0.4, 0.5) is 0 Å². The van der Waals surface area contributed by atoms with Crippen LogP contribution in [0.25, 0.3) is 0 Å². The number of rotatable bonds is 9. The van der Waals surface area contributed by atoms with Crippen molar-refractivity contribution in [1.29, 1.82) is 0 Å². The van der Waals surface area contributed by atoms with Gasteiger partial charge in [-0.05, 0) is 43.8 Å². The minimum atomic E-state index is -3.57. The van der Waals surface area contributed by atoms with Gasteiger partial charge in [-0.2, -0.15) is 0 Å². The zero-order valence-electron chi connectivity index (χ0n) is 12.6. The van der Waals surface area contributed by atoms with Crippen molar-refractivity contribution in [3.05, 3.63) is 28.8 Å². The van der Waals surface area contributed by atoms with E-state index in [9.17, 15) is 8.42 Å². The Morgan fingerprint density at radius 2 is 1.95 bits per heavy atom. The molecule has 1 rings (SSSR count). The first-order valence-corrected chi connectivity index (χ1v) is 9.01. The van der Waals surface area contributed by atoms with Gasteiger partial charge in [0.1, 0.15) is 4.90 Å². The van der Waals surface area contributed by atoms with Gasteiger partial charge in [0.2, 0.25) is 10.0 Å². The summed E-state index contributed by atoms with van der Waals surface area (Å²) in [7, 11) is -3.57. The monoisotopic (exact) mass is 333 g/mol. The van der Waals surface area contributed by atoms with E-state index in [-0.39, 0.29) is 9.92 Å². The van der Waals surface area contributed by atoms with Gasteiger partial charge in [0.05, 0.1) is 5.02 Å². The van der Waals surface area contributed by atoms with Crippen molar-refractivity contribution in [3.63, 3.8) is 0 Å². The fraction of sp³-hybridized carbons (Fsp3) is 0.571. The highest BCUT2D eigenvalue weighted by Crippen LogP contribution is 2.22. The van der Waals surface area contributed by atoms with Crippen molar-refractivity contribution >= 4 is 21.6 Å². The van der Waals surface area contributed by atoms with Crippen LogP contribution < -0.4 is 10.5 Å². The number of hydrogen-bond acceptors (Lipinski definition) is 4. The lowest BCUT2D eigenvalue weighted by Crippen LogP contribution is -2.30. The summed E-state index contributed by atoms with van der Waals surface area (Å²) in [6.07, 6.45) is 0.763. The third-order valence-electron chi connectivity index (χ3n) is 3.36. The smallest absolute Gasteiger partial charge is 0.242 e. The lowest BCUT2D eigenvalue weighted by atomic mass is 10.2. The van der Waals surface area contributed by atoms with Gasteiger partial charge < -0.3 is 10.6 Å². The van der Waals surface area contributed by atoms with E-state index in [4.69, 9.17) is 17.3 Å². The second kappa shape index (κ2) is 8.70. The predicted molar refractivity (Wildman–Crippen MR) is 86.9 cm³/mol. The summed E-state index contributed by atoms with van der Waals surface area (Å²) in [6, 6.07) is 4.76. The molecule has 0 spiro atoms. The van der Waals surface area contributed by atoms with Gasteiger partial charge in [-0.1, -0.05) is 31.5 Å². The SMILES string of the molecule is CCN(CC)CCCNS(=O)(=O)c1ccc(CN)cc1Cl. The van der Waals surface area contributed by atoms with E-state index >= 15 is 0 Å². The van der Waals surface area contributed by atoms with E-state index in [2.05, 4.69) is 23.5 Å². The fourth-order valence-corrected chi connectivity index (χ4v) is 3.66. The molecule has 0 unspecified atom stereocenters. The molecule has 3 N–H and O–H groups in total. The van der Waals surface area contributed by atoms with E-state index in [0.29, 0.717) is 13.1 Å². The standard InChI is InChI=1S/C14H24ClN3O2S/c1-3-18(4-2)9-5-8-17-21(19,20)14-7-6-12(11-16)10-13(14)15/h6-7,10,17H,3-5,8-9,11,16H2,1-2H3. The van der Waals surface area contributed by atoms with Crippen molar-refractivity contribution in [2.45, 2.75) is 31.7 Å². The van der Waals surface area contributed by atoms with Gasteiger partial charge in [-0.3, -0.25) is 0 Å². The third-order valence-corrected chi connectivity index (χ3v) is 5.30. The van der Waals surface area contributed by atoms with Gasteiger partial charge in [0.15, 0.2) is 0 Å². The number of benzene rings is 1. The van der Waals surface area contributed by atoms with Crippen molar-refractivity contribution in [1.82, 2.24) is 9.62 Å². The van der Waals surface area contributed by atoms with Crippen LogP contribution >= 0.6 is 11.6 Å². The number of nitrogens with one attached hydrogen (secondary N) is 1. The number of halogens is 1. The average molecular weight is 334 g/mol. The second-order valence-corrected chi connectivity index (χ2v) is 6.89.